The Kier molecular flexibility index (Phi) is 4.58. The molecule has 1 atom stereocenters. The summed E-state index contributed by atoms with van der Waals surface area (Å²) in [6.07, 6.45) is 1.56. The molecule has 5 rings (SSSR count). The highest BCUT2D eigenvalue weighted by Gasteiger charge is 2.38. The van der Waals surface area contributed by atoms with E-state index in [1.807, 2.05) is 0 Å². The van der Waals surface area contributed by atoms with Gasteiger partial charge < -0.3 is 5.32 Å². The van der Waals surface area contributed by atoms with Crippen molar-refractivity contribution < 1.29 is 9.72 Å². The quantitative estimate of drug-likeness (QED) is 0.486. The molecule has 1 unspecified atom stereocenters. The molecule has 9 heteroatoms. The Morgan fingerprint density at radius 2 is 1.78 bits per heavy atom. The summed E-state index contributed by atoms with van der Waals surface area (Å²) >= 11 is 0. The maximum absolute atomic E-state index is 13.7. The van der Waals surface area contributed by atoms with Crippen LogP contribution in [0.15, 0.2) is 75.5 Å². The van der Waals surface area contributed by atoms with Gasteiger partial charge in [-0.25, -0.2) is 9.36 Å². The highest BCUT2D eigenvalue weighted by molar-refractivity contribution is 6.00. The van der Waals surface area contributed by atoms with Gasteiger partial charge in [0.05, 0.1) is 16.2 Å². The van der Waals surface area contributed by atoms with Crippen LogP contribution in [0.25, 0.3) is 5.69 Å². The molecule has 2 aliphatic rings. The molecule has 2 N–H and O–H groups in total. The maximum Gasteiger partial charge on any atom is 0.334 e. The number of nitrogens with zero attached hydrogens (tertiary/aromatic N) is 2. The summed E-state index contributed by atoms with van der Waals surface area (Å²) in [6, 6.07) is 14.4. The summed E-state index contributed by atoms with van der Waals surface area (Å²) in [4.78, 5) is 53.0. The van der Waals surface area contributed by atoms with Crippen molar-refractivity contribution in [3.05, 3.63) is 108 Å². The summed E-state index contributed by atoms with van der Waals surface area (Å²) in [5.41, 5.74) is 0.748. The molecule has 0 fully saturated rings. The first-order valence-corrected chi connectivity index (χ1v) is 10.2. The number of nitrogens with one attached hydrogen (secondary N) is 2. The summed E-state index contributed by atoms with van der Waals surface area (Å²) in [5, 5.41) is 14.5. The molecule has 1 aromatic heterocycles. The highest BCUT2D eigenvalue weighted by atomic mass is 16.6. The number of allylic oxidation sites excluding steroid dienone is 2. The fraction of sp³-hybridized carbons (Fsp3) is 0.174. The lowest BCUT2D eigenvalue weighted by molar-refractivity contribution is -0.384. The van der Waals surface area contributed by atoms with E-state index in [1.54, 1.807) is 36.4 Å². The molecule has 160 valence electrons. The van der Waals surface area contributed by atoms with Gasteiger partial charge in [0.15, 0.2) is 5.78 Å². The molecular weight excluding hydrogens is 412 g/mol. The fourth-order valence-corrected chi connectivity index (χ4v) is 4.50. The molecule has 2 aromatic carbocycles. The number of anilines is 1. The lowest BCUT2D eigenvalue weighted by Crippen LogP contribution is -2.41. The lowest BCUT2D eigenvalue weighted by Gasteiger charge is -2.33. The molecule has 1 aliphatic heterocycles. The number of hydrogen-bond donors (Lipinski definition) is 2. The van der Waals surface area contributed by atoms with Gasteiger partial charge in [0.1, 0.15) is 5.82 Å². The largest absolute Gasteiger partial charge is 0.344 e. The van der Waals surface area contributed by atoms with Crippen molar-refractivity contribution in [3.8, 4) is 5.69 Å². The Labute approximate surface area is 181 Å². The average molecular weight is 430 g/mol. The molecule has 0 spiro atoms. The Balaban J connectivity index is 1.82. The minimum atomic E-state index is -0.826. The van der Waals surface area contributed by atoms with Gasteiger partial charge in [0.2, 0.25) is 0 Å². The molecule has 0 saturated heterocycles. The van der Waals surface area contributed by atoms with Gasteiger partial charge in [0.25, 0.3) is 11.2 Å². The van der Waals surface area contributed by atoms with E-state index in [1.165, 1.54) is 18.2 Å². The van der Waals surface area contributed by atoms with E-state index in [9.17, 15) is 24.5 Å². The molecule has 32 heavy (non-hydrogen) atoms. The van der Waals surface area contributed by atoms with Gasteiger partial charge in [0, 0.05) is 35.7 Å². The monoisotopic (exact) mass is 430 g/mol. The number of H-pyrrole nitrogens is 1. The first kappa shape index (κ1) is 19.7. The average Bonchev–Trinajstić information content (AvgIpc) is 2.78. The minimum Gasteiger partial charge on any atom is -0.344 e. The van der Waals surface area contributed by atoms with Crippen molar-refractivity contribution in [1.82, 2.24) is 9.55 Å². The van der Waals surface area contributed by atoms with Crippen LogP contribution < -0.4 is 16.6 Å². The molecule has 0 radical (unpaired) electrons. The first-order chi connectivity index (χ1) is 15.5. The van der Waals surface area contributed by atoms with E-state index in [4.69, 9.17) is 0 Å². The van der Waals surface area contributed by atoms with Gasteiger partial charge in [-0.2, -0.15) is 0 Å². The van der Waals surface area contributed by atoms with E-state index in [0.29, 0.717) is 41.8 Å². The standard InChI is InChI=1S/C23H18N4O5/c28-17-11-5-10-16-19(17)18(13-6-4-9-15(12-13)27(31)32)20-21(24-16)25-23(30)26(22(20)29)14-7-2-1-3-8-14/h1-4,6-9,12,18,24H,5,10-11H2,(H,25,30). The van der Waals surface area contributed by atoms with E-state index in [0.717, 1.165) is 4.57 Å². The Morgan fingerprint density at radius 1 is 1.00 bits per heavy atom. The van der Waals surface area contributed by atoms with E-state index in [2.05, 4.69) is 10.3 Å². The molecule has 0 bridgehead atoms. The van der Waals surface area contributed by atoms with Crippen LogP contribution in [0, 0.1) is 10.1 Å². The van der Waals surface area contributed by atoms with Crippen LogP contribution in [0.2, 0.25) is 0 Å². The summed E-state index contributed by atoms with van der Waals surface area (Å²) in [7, 11) is 0. The van der Waals surface area contributed by atoms with E-state index >= 15 is 0 Å². The first-order valence-electron chi connectivity index (χ1n) is 10.2. The number of non-ortho nitro benzene ring substituents is 1. The van der Waals surface area contributed by atoms with Crippen molar-refractivity contribution >= 4 is 17.3 Å². The SMILES string of the molecule is O=C1CCCC2=C1C(c1cccc([N+](=O)[O-])c1)c1c([nH]c(=O)n(-c3ccccc3)c1=O)N2. The Bertz CT molecular complexity index is 1420. The van der Waals surface area contributed by atoms with Crippen LogP contribution in [-0.2, 0) is 4.79 Å². The van der Waals surface area contributed by atoms with Crippen molar-refractivity contribution in [2.24, 2.45) is 0 Å². The second kappa shape index (κ2) is 7.45. The van der Waals surface area contributed by atoms with Crippen LogP contribution in [0.3, 0.4) is 0 Å². The number of carbonyl (C=O) groups excluding carboxylic acids is 1. The number of hydrogen-bond acceptors (Lipinski definition) is 6. The number of fused-ring (bicyclic) bond motifs is 1. The fourth-order valence-electron chi connectivity index (χ4n) is 4.50. The normalized spacial score (nSPS) is 17.4. The van der Waals surface area contributed by atoms with Crippen molar-refractivity contribution in [1.29, 1.82) is 0 Å². The van der Waals surface area contributed by atoms with Gasteiger partial charge in [-0.1, -0.05) is 30.3 Å². The Morgan fingerprint density at radius 3 is 2.53 bits per heavy atom. The number of ketones is 1. The smallest absolute Gasteiger partial charge is 0.334 e. The zero-order valence-electron chi connectivity index (χ0n) is 16.8. The summed E-state index contributed by atoms with van der Waals surface area (Å²) in [6.45, 7) is 0. The van der Waals surface area contributed by atoms with Crippen LogP contribution >= 0.6 is 0 Å². The van der Waals surface area contributed by atoms with Crippen molar-refractivity contribution in [2.45, 2.75) is 25.2 Å². The maximum atomic E-state index is 13.7. The zero-order chi connectivity index (χ0) is 22.4. The number of carbonyl (C=O) groups is 1. The number of para-hydroxylation sites is 1. The van der Waals surface area contributed by atoms with Crippen LogP contribution in [0.4, 0.5) is 11.5 Å². The van der Waals surface area contributed by atoms with Gasteiger partial charge in [-0.3, -0.25) is 24.7 Å². The third kappa shape index (κ3) is 3.06. The lowest BCUT2D eigenvalue weighted by atomic mass is 9.76. The number of aromatic amines is 1. The number of nitro groups is 1. The number of nitro benzene ring substituents is 1. The predicted octanol–water partition coefficient (Wildman–Crippen LogP) is 3.00. The van der Waals surface area contributed by atoms with Gasteiger partial charge >= 0.3 is 5.69 Å². The van der Waals surface area contributed by atoms with Gasteiger partial charge in [-0.15, -0.1) is 0 Å². The van der Waals surface area contributed by atoms with Crippen molar-refractivity contribution in [3.63, 3.8) is 0 Å². The van der Waals surface area contributed by atoms with Crippen LogP contribution in [0.1, 0.15) is 36.3 Å². The molecule has 9 nitrogen and oxygen atoms in total. The topological polar surface area (TPSA) is 127 Å². The molecule has 0 amide bonds. The van der Waals surface area contributed by atoms with Crippen LogP contribution in [0.5, 0.6) is 0 Å². The molecule has 0 saturated carbocycles. The van der Waals surface area contributed by atoms with E-state index in [-0.39, 0.29) is 22.9 Å². The van der Waals surface area contributed by atoms with E-state index < -0.39 is 22.1 Å². The predicted molar refractivity (Wildman–Crippen MR) is 117 cm³/mol. The second-order valence-electron chi connectivity index (χ2n) is 7.77. The second-order valence-corrected chi connectivity index (χ2v) is 7.77. The van der Waals surface area contributed by atoms with Gasteiger partial charge in [-0.05, 0) is 30.5 Å². The molecule has 1 aliphatic carbocycles. The zero-order valence-corrected chi connectivity index (χ0v) is 16.8. The number of rotatable bonds is 3. The number of aromatic nitrogens is 2. The third-order valence-electron chi connectivity index (χ3n) is 5.88. The molecule has 2 heterocycles. The highest BCUT2D eigenvalue weighted by Crippen LogP contribution is 2.43. The number of Topliss-reactive ketones (excluding diaryl/α,β-unsaturated/α-hetero) is 1. The Hall–Kier alpha value is -4.27. The summed E-state index contributed by atoms with van der Waals surface area (Å²) in [5.74, 6) is -0.719. The van der Waals surface area contributed by atoms with Crippen molar-refractivity contribution in [2.75, 3.05) is 5.32 Å². The number of benzene rings is 2. The molecular formula is C23H18N4O5. The third-order valence-corrected chi connectivity index (χ3v) is 5.88. The summed E-state index contributed by atoms with van der Waals surface area (Å²) < 4.78 is 1.02. The van der Waals surface area contributed by atoms with Crippen LogP contribution in [-0.4, -0.2) is 20.3 Å². The molecule has 3 aromatic rings. The minimum absolute atomic E-state index is 0.113.